The van der Waals surface area contributed by atoms with Crippen molar-refractivity contribution in [1.82, 2.24) is 5.32 Å². The van der Waals surface area contributed by atoms with Gasteiger partial charge in [-0.3, -0.25) is 9.59 Å². The van der Waals surface area contributed by atoms with Crippen LogP contribution in [0.15, 0.2) is 36.5 Å². The summed E-state index contributed by atoms with van der Waals surface area (Å²) in [6.45, 7) is 4.93. The molecule has 6 nitrogen and oxygen atoms in total. The number of aliphatic hydroxyl groups excluding tert-OH is 2. The van der Waals surface area contributed by atoms with Crippen LogP contribution in [0.1, 0.15) is 418 Å². The Balaban J connectivity index is 3.40. The lowest BCUT2D eigenvalue weighted by atomic mass is 10.0. The number of hydrogen-bond donors (Lipinski definition) is 3. The van der Waals surface area contributed by atoms with E-state index in [9.17, 15) is 19.8 Å². The zero-order valence-corrected chi connectivity index (χ0v) is 56.2. The van der Waals surface area contributed by atoms with E-state index in [4.69, 9.17) is 4.74 Å². The maximum absolute atomic E-state index is 12.5. The second-order valence-corrected chi connectivity index (χ2v) is 26.0. The molecule has 0 aromatic rings. The number of ether oxygens (including phenoxy) is 1. The maximum atomic E-state index is 12.5. The minimum atomic E-state index is -0.846. The summed E-state index contributed by atoms with van der Waals surface area (Å²) in [4.78, 5) is 24.6. The number of aliphatic hydroxyl groups is 2. The normalized spacial score (nSPS) is 12.7. The van der Waals surface area contributed by atoms with Crippen molar-refractivity contribution in [3.05, 3.63) is 36.5 Å². The predicted octanol–water partition coefficient (Wildman–Crippen LogP) is 24.7. The highest BCUT2D eigenvalue weighted by atomic mass is 16.5. The molecule has 0 aliphatic heterocycles. The molecular formula is C77H147NO5. The first-order valence-corrected chi connectivity index (χ1v) is 37.8. The van der Waals surface area contributed by atoms with Gasteiger partial charge in [-0.25, -0.2) is 0 Å². The standard InChI is InChI=1S/C77H147NO5/c1-3-5-7-9-11-13-15-17-18-19-20-21-22-30-33-36-39-42-46-49-53-57-61-65-69-75(80)74(73-79)78-76(81)70-66-62-58-54-50-47-43-40-37-34-31-28-26-24-23-25-27-29-32-35-38-41-44-48-52-56-60-64-68-72-83-77(82)71-67-63-59-55-51-45-16-14-12-10-8-6-4-2/h14,16,23,25,65,69,74-75,79-80H,3-13,15,17-22,24,26-64,66-68,70-73H2,1-2H3,(H,78,81)/b16-14-,25-23-,69-65+. The number of rotatable bonds is 71. The molecule has 0 bridgehead atoms. The van der Waals surface area contributed by atoms with Crippen LogP contribution in [0, 0.1) is 0 Å². The molecule has 0 fully saturated rings. The number of esters is 1. The number of carbonyl (C=O) groups is 2. The fourth-order valence-electron chi connectivity index (χ4n) is 11.9. The van der Waals surface area contributed by atoms with Gasteiger partial charge in [0.15, 0.2) is 0 Å². The van der Waals surface area contributed by atoms with Crippen molar-refractivity contribution in [2.75, 3.05) is 13.2 Å². The number of allylic oxidation sites excluding steroid dienone is 5. The molecule has 3 N–H and O–H groups in total. The van der Waals surface area contributed by atoms with E-state index in [2.05, 4.69) is 43.5 Å². The van der Waals surface area contributed by atoms with Gasteiger partial charge in [0.2, 0.25) is 5.91 Å². The molecule has 0 aliphatic carbocycles. The number of unbranched alkanes of at least 4 members (excludes halogenated alkanes) is 56. The summed E-state index contributed by atoms with van der Waals surface area (Å²) in [6, 6.07) is -0.629. The molecule has 1 amide bonds. The van der Waals surface area contributed by atoms with Crippen molar-refractivity contribution in [1.29, 1.82) is 0 Å². The van der Waals surface area contributed by atoms with Crippen LogP contribution in [0.2, 0.25) is 0 Å². The lowest BCUT2D eigenvalue weighted by Gasteiger charge is -2.20. The quantitative estimate of drug-likeness (QED) is 0.0320. The highest BCUT2D eigenvalue weighted by molar-refractivity contribution is 5.76. The molecule has 0 heterocycles. The summed E-state index contributed by atoms with van der Waals surface area (Å²) in [5, 5.41) is 23.3. The smallest absolute Gasteiger partial charge is 0.305 e. The van der Waals surface area contributed by atoms with E-state index in [1.165, 1.54) is 347 Å². The van der Waals surface area contributed by atoms with E-state index in [1.807, 2.05) is 6.08 Å². The second-order valence-electron chi connectivity index (χ2n) is 26.0. The van der Waals surface area contributed by atoms with Crippen LogP contribution in [0.25, 0.3) is 0 Å². The Morgan fingerprint density at radius 1 is 0.325 bits per heavy atom. The van der Waals surface area contributed by atoms with Crippen LogP contribution >= 0.6 is 0 Å². The van der Waals surface area contributed by atoms with Crippen LogP contribution in [-0.4, -0.2) is 47.4 Å². The van der Waals surface area contributed by atoms with Gasteiger partial charge in [-0.1, -0.05) is 359 Å². The van der Waals surface area contributed by atoms with Crippen molar-refractivity contribution in [3.63, 3.8) is 0 Å². The van der Waals surface area contributed by atoms with E-state index in [0.717, 1.165) is 44.9 Å². The molecule has 0 rings (SSSR count). The van der Waals surface area contributed by atoms with E-state index >= 15 is 0 Å². The minimum Gasteiger partial charge on any atom is -0.466 e. The average Bonchev–Trinajstić information content (AvgIpc) is 3.48. The molecule has 2 unspecified atom stereocenters. The lowest BCUT2D eigenvalue weighted by molar-refractivity contribution is -0.143. The third kappa shape index (κ3) is 69.1. The van der Waals surface area contributed by atoms with Gasteiger partial charge in [-0.05, 0) is 83.5 Å². The summed E-state index contributed by atoms with van der Waals surface area (Å²) in [5.41, 5.74) is 0. The monoisotopic (exact) mass is 1170 g/mol. The topological polar surface area (TPSA) is 95.9 Å². The first-order chi connectivity index (χ1) is 41.0. The summed E-state index contributed by atoms with van der Waals surface area (Å²) >= 11 is 0. The number of hydrogen-bond acceptors (Lipinski definition) is 5. The molecule has 0 aliphatic rings. The van der Waals surface area contributed by atoms with E-state index in [0.29, 0.717) is 19.4 Å². The minimum absolute atomic E-state index is 0.00744. The van der Waals surface area contributed by atoms with Crippen LogP contribution in [0.4, 0.5) is 0 Å². The third-order valence-electron chi connectivity index (χ3n) is 17.6. The van der Waals surface area contributed by atoms with Crippen molar-refractivity contribution in [2.45, 2.75) is 431 Å². The highest BCUT2D eigenvalue weighted by Crippen LogP contribution is 2.19. The van der Waals surface area contributed by atoms with Crippen LogP contribution in [0.5, 0.6) is 0 Å². The SMILES string of the molecule is CCCCCC/C=C\CCCCCCCC(=O)OCCCCCCCCCCCCCC/C=C\CCCCCCCCCCCCCCCC(=O)NC(CO)C(O)/C=C/CCCCCCCCCCCCCCCCCCCCCCCC. The van der Waals surface area contributed by atoms with Gasteiger partial charge >= 0.3 is 5.97 Å². The Morgan fingerprint density at radius 2 is 0.566 bits per heavy atom. The fourth-order valence-corrected chi connectivity index (χ4v) is 11.9. The Bertz CT molecular complexity index is 1340. The molecule has 0 spiro atoms. The Hall–Kier alpha value is -1.92. The van der Waals surface area contributed by atoms with Crippen molar-refractivity contribution in [2.24, 2.45) is 0 Å². The van der Waals surface area contributed by atoms with Crippen LogP contribution in [-0.2, 0) is 14.3 Å². The van der Waals surface area contributed by atoms with Crippen LogP contribution in [0.3, 0.4) is 0 Å². The van der Waals surface area contributed by atoms with Gasteiger partial charge in [-0.2, -0.15) is 0 Å². The molecule has 2 atom stereocenters. The van der Waals surface area contributed by atoms with Crippen molar-refractivity contribution in [3.8, 4) is 0 Å². The lowest BCUT2D eigenvalue weighted by Crippen LogP contribution is -2.45. The zero-order chi connectivity index (χ0) is 59.9. The van der Waals surface area contributed by atoms with Gasteiger partial charge in [-0.15, -0.1) is 0 Å². The molecule has 0 saturated heterocycles. The predicted molar refractivity (Wildman–Crippen MR) is 366 cm³/mol. The van der Waals surface area contributed by atoms with E-state index < -0.39 is 12.1 Å². The molecular weight excluding hydrogens is 1020 g/mol. The summed E-state index contributed by atoms with van der Waals surface area (Å²) in [6.07, 6.45) is 93.9. The Morgan fingerprint density at radius 3 is 0.867 bits per heavy atom. The van der Waals surface area contributed by atoms with Crippen LogP contribution < -0.4 is 5.32 Å². The van der Waals surface area contributed by atoms with E-state index in [1.54, 1.807) is 6.08 Å². The van der Waals surface area contributed by atoms with E-state index in [-0.39, 0.29) is 18.5 Å². The molecule has 0 radical (unpaired) electrons. The van der Waals surface area contributed by atoms with Gasteiger partial charge < -0.3 is 20.3 Å². The van der Waals surface area contributed by atoms with Crippen molar-refractivity contribution < 1.29 is 24.5 Å². The first kappa shape index (κ1) is 81.1. The van der Waals surface area contributed by atoms with Gasteiger partial charge in [0.05, 0.1) is 25.4 Å². The van der Waals surface area contributed by atoms with Crippen molar-refractivity contribution >= 4 is 11.9 Å². The summed E-state index contributed by atoms with van der Waals surface area (Å²) in [7, 11) is 0. The molecule has 83 heavy (non-hydrogen) atoms. The average molecular weight is 1170 g/mol. The molecule has 0 saturated carbocycles. The fraction of sp³-hybridized carbons (Fsp3) is 0.896. The van der Waals surface area contributed by atoms with Gasteiger partial charge in [0.25, 0.3) is 0 Å². The first-order valence-electron chi connectivity index (χ1n) is 37.8. The Kier molecular flexibility index (Phi) is 70.9. The van der Waals surface area contributed by atoms with Gasteiger partial charge in [0.1, 0.15) is 0 Å². The number of amides is 1. The van der Waals surface area contributed by atoms with Gasteiger partial charge in [0, 0.05) is 12.8 Å². The molecule has 0 aromatic carbocycles. The number of nitrogens with one attached hydrogen (secondary N) is 1. The molecule has 6 heteroatoms. The summed E-state index contributed by atoms with van der Waals surface area (Å²) in [5.74, 6) is -0.0552. The zero-order valence-electron chi connectivity index (χ0n) is 56.2. The third-order valence-corrected chi connectivity index (χ3v) is 17.6. The molecule has 0 aromatic heterocycles. The number of carbonyl (C=O) groups excluding carboxylic acids is 2. The molecule has 490 valence electrons. The Labute approximate surface area is 519 Å². The summed E-state index contributed by atoms with van der Waals surface area (Å²) < 4.78 is 5.48. The highest BCUT2D eigenvalue weighted by Gasteiger charge is 2.18. The largest absolute Gasteiger partial charge is 0.466 e. The maximum Gasteiger partial charge on any atom is 0.305 e. The second kappa shape index (κ2) is 72.6.